The number of nitro benzene ring substituents is 1. The molecule has 1 aromatic heterocycles. The van der Waals surface area contributed by atoms with E-state index in [4.69, 9.17) is 0 Å². The molecule has 19 heavy (non-hydrogen) atoms. The lowest BCUT2D eigenvalue weighted by molar-refractivity contribution is -0.384. The fourth-order valence-corrected chi connectivity index (χ4v) is 1.84. The van der Waals surface area contributed by atoms with Crippen LogP contribution in [-0.4, -0.2) is 21.2 Å². The fraction of sp³-hybridized carbons (Fsp3) is 0.308. The molecule has 2 aromatic rings. The lowest BCUT2D eigenvalue weighted by Gasteiger charge is -2.08. The van der Waals surface area contributed by atoms with Gasteiger partial charge in [-0.05, 0) is 18.6 Å². The van der Waals surface area contributed by atoms with Gasteiger partial charge in [-0.2, -0.15) is 5.10 Å². The third-order valence-electron chi connectivity index (χ3n) is 2.90. The Labute approximate surface area is 111 Å². The Balaban J connectivity index is 1.99. The zero-order chi connectivity index (χ0) is 13.8. The number of anilines is 1. The molecular formula is C13H16N4O2. The first-order valence-electron chi connectivity index (χ1n) is 6.03. The second-order valence-electron chi connectivity index (χ2n) is 4.41. The minimum atomic E-state index is -0.386. The molecule has 0 atom stereocenters. The van der Waals surface area contributed by atoms with Crippen molar-refractivity contribution in [3.8, 4) is 0 Å². The number of aromatic nitrogens is 2. The molecule has 0 radical (unpaired) electrons. The highest BCUT2D eigenvalue weighted by Crippen LogP contribution is 2.21. The number of nitrogens with zero attached hydrogens (tertiary/aromatic N) is 3. The molecule has 1 N–H and O–H groups in total. The molecule has 0 amide bonds. The zero-order valence-corrected chi connectivity index (χ0v) is 11.0. The summed E-state index contributed by atoms with van der Waals surface area (Å²) in [6.07, 6.45) is 2.68. The van der Waals surface area contributed by atoms with E-state index in [2.05, 4.69) is 10.4 Å². The Kier molecular flexibility index (Phi) is 3.79. The maximum Gasteiger partial charge on any atom is 0.271 e. The summed E-state index contributed by atoms with van der Waals surface area (Å²) in [5.41, 5.74) is 2.89. The molecule has 100 valence electrons. The predicted molar refractivity (Wildman–Crippen MR) is 73.2 cm³/mol. The minimum absolute atomic E-state index is 0.103. The Bertz CT molecular complexity index is 592. The minimum Gasteiger partial charge on any atom is -0.384 e. The van der Waals surface area contributed by atoms with Crippen molar-refractivity contribution in [2.75, 3.05) is 11.9 Å². The first kappa shape index (κ1) is 13.1. The lowest BCUT2D eigenvalue weighted by Crippen LogP contribution is -2.07. The van der Waals surface area contributed by atoms with Crippen LogP contribution in [0.1, 0.15) is 11.3 Å². The molecule has 1 heterocycles. The number of aryl methyl sites for hydroxylation is 2. The molecule has 0 bridgehead atoms. The van der Waals surface area contributed by atoms with Gasteiger partial charge in [-0.1, -0.05) is 6.07 Å². The number of non-ortho nitro benzene ring substituents is 1. The van der Waals surface area contributed by atoms with E-state index in [9.17, 15) is 10.1 Å². The SMILES string of the molecule is Cc1ccc([N+](=O)[O-])cc1NCCc1ccn(C)n1. The van der Waals surface area contributed by atoms with E-state index in [-0.39, 0.29) is 10.6 Å². The number of nitro groups is 1. The second kappa shape index (κ2) is 5.51. The highest BCUT2D eigenvalue weighted by Gasteiger charge is 2.08. The van der Waals surface area contributed by atoms with Crippen molar-refractivity contribution in [2.45, 2.75) is 13.3 Å². The molecule has 0 aliphatic heterocycles. The van der Waals surface area contributed by atoms with Gasteiger partial charge in [-0.3, -0.25) is 14.8 Å². The van der Waals surface area contributed by atoms with Gasteiger partial charge in [-0.15, -0.1) is 0 Å². The summed E-state index contributed by atoms with van der Waals surface area (Å²) in [5, 5.41) is 18.2. The Morgan fingerprint density at radius 1 is 1.42 bits per heavy atom. The van der Waals surface area contributed by atoms with Crippen LogP contribution in [-0.2, 0) is 13.5 Å². The lowest BCUT2D eigenvalue weighted by atomic mass is 10.1. The van der Waals surface area contributed by atoms with Crippen molar-refractivity contribution in [1.82, 2.24) is 9.78 Å². The van der Waals surface area contributed by atoms with Crippen molar-refractivity contribution >= 4 is 11.4 Å². The first-order valence-corrected chi connectivity index (χ1v) is 6.03. The third kappa shape index (κ3) is 3.31. The van der Waals surface area contributed by atoms with E-state index in [0.717, 1.165) is 23.4 Å². The first-order chi connectivity index (χ1) is 9.06. The summed E-state index contributed by atoms with van der Waals surface area (Å²) in [7, 11) is 1.88. The molecule has 0 aliphatic carbocycles. The van der Waals surface area contributed by atoms with Gasteiger partial charge in [0.05, 0.1) is 10.6 Å². The average molecular weight is 260 g/mol. The van der Waals surface area contributed by atoms with Crippen LogP contribution in [0, 0.1) is 17.0 Å². The van der Waals surface area contributed by atoms with E-state index in [0.29, 0.717) is 6.54 Å². The van der Waals surface area contributed by atoms with Crippen LogP contribution in [0.2, 0.25) is 0 Å². The second-order valence-corrected chi connectivity index (χ2v) is 4.41. The molecule has 2 rings (SSSR count). The Morgan fingerprint density at radius 3 is 2.84 bits per heavy atom. The number of hydrogen-bond acceptors (Lipinski definition) is 4. The Hall–Kier alpha value is -2.37. The van der Waals surface area contributed by atoms with Crippen LogP contribution in [0.3, 0.4) is 0 Å². The van der Waals surface area contributed by atoms with E-state index < -0.39 is 0 Å². The van der Waals surface area contributed by atoms with Crippen LogP contribution < -0.4 is 5.32 Å². The number of benzene rings is 1. The Morgan fingerprint density at radius 2 is 2.21 bits per heavy atom. The smallest absolute Gasteiger partial charge is 0.271 e. The summed E-state index contributed by atoms with van der Waals surface area (Å²) in [5.74, 6) is 0. The summed E-state index contributed by atoms with van der Waals surface area (Å²) < 4.78 is 1.76. The van der Waals surface area contributed by atoms with E-state index in [1.807, 2.05) is 26.2 Å². The highest BCUT2D eigenvalue weighted by atomic mass is 16.6. The molecule has 0 aliphatic rings. The van der Waals surface area contributed by atoms with Gasteiger partial charge in [-0.25, -0.2) is 0 Å². The fourth-order valence-electron chi connectivity index (χ4n) is 1.84. The molecule has 0 spiro atoms. The zero-order valence-electron chi connectivity index (χ0n) is 11.0. The van der Waals surface area contributed by atoms with Gasteiger partial charge >= 0.3 is 0 Å². The van der Waals surface area contributed by atoms with Crippen LogP contribution in [0.4, 0.5) is 11.4 Å². The summed E-state index contributed by atoms with van der Waals surface area (Å²) in [6.45, 7) is 2.62. The number of rotatable bonds is 5. The van der Waals surface area contributed by atoms with Gasteiger partial charge in [0, 0.05) is 44.0 Å². The maximum atomic E-state index is 10.7. The molecule has 0 unspecified atom stereocenters. The average Bonchev–Trinajstić information content (AvgIpc) is 2.77. The third-order valence-corrected chi connectivity index (χ3v) is 2.90. The van der Waals surface area contributed by atoms with Gasteiger partial charge in [0.2, 0.25) is 0 Å². The highest BCUT2D eigenvalue weighted by molar-refractivity contribution is 5.56. The van der Waals surface area contributed by atoms with Gasteiger partial charge < -0.3 is 5.32 Å². The molecule has 0 fully saturated rings. The van der Waals surface area contributed by atoms with Crippen molar-refractivity contribution < 1.29 is 4.92 Å². The molecule has 6 heteroatoms. The largest absolute Gasteiger partial charge is 0.384 e. The van der Waals surface area contributed by atoms with Gasteiger partial charge in [0.1, 0.15) is 0 Å². The van der Waals surface area contributed by atoms with Gasteiger partial charge in [0.25, 0.3) is 5.69 Å². The van der Waals surface area contributed by atoms with Crippen LogP contribution in [0.5, 0.6) is 0 Å². The monoisotopic (exact) mass is 260 g/mol. The van der Waals surface area contributed by atoms with Crippen molar-refractivity contribution in [3.63, 3.8) is 0 Å². The molecule has 6 nitrogen and oxygen atoms in total. The van der Waals surface area contributed by atoms with Crippen molar-refractivity contribution in [2.24, 2.45) is 7.05 Å². The predicted octanol–water partition coefficient (Wildman–Crippen LogP) is 2.29. The van der Waals surface area contributed by atoms with Crippen LogP contribution in [0.15, 0.2) is 30.5 Å². The summed E-state index contributed by atoms with van der Waals surface area (Å²) in [6, 6.07) is 6.79. The normalized spacial score (nSPS) is 10.4. The van der Waals surface area contributed by atoms with E-state index >= 15 is 0 Å². The number of hydrogen-bond donors (Lipinski definition) is 1. The molecule has 0 saturated carbocycles. The van der Waals surface area contributed by atoms with Crippen molar-refractivity contribution in [1.29, 1.82) is 0 Å². The maximum absolute atomic E-state index is 10.7. The molecule has 0 saturated heterocycles. The van der Waals surface area contributed by atoms with Crippen LogP contribution in [0.25, 0.3) is 0 Å². The standard InChI is InChI=1S/C13H16N4O2/c1-10-3-4-12(17(18)19)9-13(10)14-7-5-11-6-8-16(2)15-11/h3-4,6,8-9,14H,5,7H2,1-2H3. The quantitative estimate of drug-likeness (QED) is 0.661. The summed E-state index contributed by atoms with van der Waals surface area (Å²) in [4.78, 5) is 10.3. The topological polar surface area (TPSA) is 73.0 Å². The molecule has 1 aromatic carbocycles. The van der Waals surface area contributed by atoms with E-state index in [1.165, 1.54) is 6.07 Å². The van der Waals surface area contributed by atoms with Crippen molar-refractivity contribution in [3.05, 3.63) is 51.8 Å². The van der Waals surface area contributed by atoms with E-state index in [1.54, 1.807) is 16.8 Å². The van der Waals surface area contributed by atoms with Gasteiger partial charge in [0.15, 0.2) is 0 Å². The molecular weight excluding hydrogens is 244 g/mol. The number of nitrogens with one attached hydrogen (secondary N) is 1. The van der Waals surface area contributed by atoms with Crippen LogP contribution >= 0.6 is 0 Å². The summed E-state index contributed by atoms with van der Waals surface area (Å²) >= 11 is 0.